The minimum absolute atomic E-state index is 0.268. The Morgan fingerprint density at radius 2 is 0.718 bits per heavy atom. The van der Waals surface area contributed by atoms with Gasteiger partial charge in [0.05, 0.1) is 12.4 Å². The van der Waals surface area contributed by atoms with E-state index in [-0.39, 0.29) is 22.6 Å². The van der Waals surface area contributed by atoms with Crippen LogP contribution in [-0.4, -0.2) is 117 Å². The molecule has 0 aliphatic heterocycles. The minimum atomic E-state index is -4.76. The number of unbranched alkanes of at least 4 members (excludes halogenated alkanes) is 9. The Hall–Kier alpha value is -4.99. The fraction of sp³-hybridized carbons (Fsp3) is 0.513. The van der Waals surface area contributed by atoms with Gasteiger partial charge in [-0.05, 0) is 108 Å². The summed E-state index contributed by atoms with van der Waals surface area (Å²) in [5.41, 5.74) is 3.38. The van der Waals surface area contributed by atoms with Crippen LogP contribution in [0.5, 0.6) is 11.5 Å². The van der Waals surface area contributed by atoms with Crippen molar-refractivity contribution < 1.29 is 35.8 Å². The number of aryl methyl sites for hydroxylation is 2. The number of alkyl halides is 6. The SMILES string of the molecule is CCC[CH2][Sn]([CH2]CCC)([CH2]CCC)[c]1ccnnc1.CCC[CH2][Sn]([CH2]CCC)([CH2]CCC)[c]1ccnnc1.CCC[CH2][Sn]([Cl])([CH2]CCC)[CH2]CCC.Cc1cc(=O)n(-c2ccc(OC(F)(F)F)cc2)cc1-c1ccnnc1.Cc1cc(=O)n(-c2ccc(OC(F)(F)F)cc2)cc1Br.c1ccnnc1. The van der Waals surface area contributed by atoms with Crippen LogP contribution in [-0.2, 0) is 0 Å². The fourth-order valence-corrected chi connectivity index (χ4v) is 56.8. The Morgan fingerprint density at radius 3 is 1.01 bits per heavy atom. The summed E-state index contributed by atoms with van der Waals surface area (Å²) in [5, 5.41) is 30.9. The van der Waals surface area contributed by atoms with Crippen LogP contribution in [0.4, 0.5) is 26.3 Å². The Labute approximate surface area is 633 Å². The van der Waals surface area contributed by atoms with Crippen LogP contribution < -0.4 is 27.8 Å². The third kappa shape index (κ3) is 36.0. The number of halogens is 8. The van der Waals surface area contributed by atoms with Crippen molar-refractivity contribution in [2.24, 2.45) is 0 Å². The van der Waals surface area contributed by atoms with E-state index in [0.717, 1.165) is 51.0 Å². The first kappa shape index (κ1) is 92.2. The first-order chi connectivity index (χ1) is 49.3. The summed E-state index contributed by atoms with van der Waals surface area (Å²) in [6, 6.07) is 23.0. The molecule has 0 amide bonds. The van der Waals surface area contributed by atoms with E-state index in [1.54, 1.807) is 58.1 Å². The van der Waals surface area contributed by atoms with Crippen molar-refractivity contribution in [3.05, 3.63) is 189 Å². The first-order valence-electron chi connectivity index (χ1n) is 36.9. The van der Waals surface area contributed by atoms with E-state index in [0.29, 0.717) is 11.4 Å². The van der Waals surface area contributed by atoms with Gasteiger partial charge in [-0.3, -0.25) is 18.7 Å². The van der Waals surface area contributed by atoms with E-state index in [1.165, 1.54) is 207 Å². The number of hydrogen-bond donors (Lipinski definition) is 0. The maximum Gasteiger partial charge on any atom is 0.573 e. The van der Waals surface area contributed by atoms with Gasteiger partial charge >= 0.3 is 358 Å². The number of ether oxygens (including phenoxy) is 2. The summed E-state index contributed by atoms with van der Waals surface area (Å²) in [5.74, 6) is -0.685. The fourth-order valence-electron chi connectivity index (χ4n) is 12.0. The number of benzene rings is 2. The van der Waals surface area contributed by atoms with Gasteiger partial charge in [0.15, 0.2) is 0 Å². The normalized spacial score (nSPS) is 11.4. The van der Waals surface area contributed by atoms with Gasteiger partial charge in [0, 0.05) is 63.9 Å². The van der Waals surface area contributed by atoms with E-state index >= 15 is 0 Å². The summed E-state index contributed by atoms with van der Waals surface area (Å²) in [6.07, 6.45) is 32.6. The van der Waals surface area contributed by atoms with Crippen molar-refractivity contribution in [2.75, 3.05) is 0 Å². The van der Waals surface area contributed by atoms with Crippen LogP contribution in [0, 0.1) is 13.8 Å². The Morgan fingerprint density at radius 1 is 0.408 bits per heavy atom. The molecule has 0 aliphatic rings. The maximum absolute atomic E-state index is 12.3. The average molecular weight is 1840 g/mol. The topological polar surface area (TPSA) is 166 Å². The third-order valence-corrected chi connectivity index (χ3v) is 64.4. The molecule has 25 heteroatoms. The molecule has 0 saturated carbocycles. The van der Waals surface area contributed by atoms with Gasteiger partial charge in [-0.15, -0.1) is 26.3 Å². The molecule has 0 atom stereocenters. The zero-order valence-electron chi connectivity index (χ0n) is 62.7. The maximum atomic E-state index is 12.3. The molecular weight excluding hydrogens is 1730 g/mol. The molecule has 0 N–H and O–H groups in total. The van der Waals surface area contributed by atoms with Crippen LogP contribution in [0.15, 0.2) is 167 Å². The van der Waals surface area contributed by atoms with Gasteiger partial charge in [-0.2, -0.15) is 20.4 Å². The number of pyridine rings is 2. The van der Waals surface area contributed by atoms with E-state index in [2.05, 4.69) is 153 Å². The molecule has 8 rings (SSSR count). The zero-order valence-corrected chi connectivity index (χ0v) is 73.6. The Bertz CT molecular complexity index is 3480. The standard InChI is InChI=1S/C17H12F3N3O2.C13H9BrF3NO2.C4H4N2.2C4H3N2.9C4H9.ClH.3Sn/c1-11-8-16(24)23(10-15(11)12-6-7-21-22-9-12)13-2-4-14(5-3-13)25-17(18,19)20;1-8-6-12(19)18(7-11(8)14)9-2-4-10(5-3-9)20-13(15,16)17;3*1-2-4-6-5-3-1;9*1-3-4-2;;;;/h2-10H,1H3;2-7H,1H3;1-4H;2*1,3-4H;9*1,3-4H2,2H3;1H;;;/q;;;;;;;;;;;;;;;;;+1/p-1. The summed E-state index contributed by atoms with van der Waals surface area (Å²) < 4.78 is 100. The van der Waals surface area contributed by atoms with Crippen LogP contribution in [0.1, 0.15) is 189 Å². The van der Waals surface area contributed by atoms with Gasteiger partial charge in [0.2, 0.25) is 0 Å². The van der Waals surface area contributed by atoms with Crippen LogP contribution >= 0.6 is 24.9 Å². The molecule has 0 saturated heterocycles. The molecule has 14 nitrogen and oxygen atoms in total. The molecule has 0 unspecified atom stereocenters. The molecule has 0 bridgehead atoms. The number of rotatable bonds is 34. The summed E-state index contributed by atoms with van der Waals surface area (Å²) in [4.78, 5) is 24.1. The van der Waals surface area contributed by atoms with Gasteiger partial charge in [0.25, 0.3) is 11.1 Å². The first-order valence-corrected chi connectivity index (χ1v) is 62.3. The van der Waals surface area contributed by atoms with Crippen LogP contribution in [0.25, 0.3) is 22.5 Å². The molecule has 103 heavy (non-hydrogen) atoms. The molecule has 6 aromatic heterocycles. The van der Waals surface area contributed by atoms with Crippen molar-refractivity contribution in [1.29, 1.82) is 0 Å². The third-order valence-electron chi connectivity index (χ3n) is 17.9. The Balaban J connectivity index is 0.000000331. The average Bonchev–Trinajstić information content (AvgIpc) is 0.816. The van der Waals surface area contributed by atoms with Crippen molar-refractivity contribution in [3.8, 4) is 34.0 Å². The monoisotopic (exact) mass is 1840 g/mol. The van der Waals surface area contributed by atoms with Gasteiger partial charge in [-0.1, -0.05) is 0 Å². The Kier molecular flexibility index (Phi) is 45.9. The summed E-state index contributed by atoms with van der Waals surface area (Å²) in [7, 11) is 6.89. The van der Waals surface area contributed by atoms with E-state index in [9.17, 15) is 35.9 Å². The van der Waals surface area contributed by atoms with Crippen molar-refractivity contribution >= 4 is 86.0 Å². The number of hydrogen-bond acceptors (Lipinski definition) is 12. The van der Waals surface area contributed by atoms with Gasteiger partial charge in [-0.25, -0.2) is 0 Å². The molecule has 8 aromatic rings. The quantitative estimate of drug-likeness (QED) is 0.0277. The van der Waals surface area contributed by atoms with Gasteiger partial charge < -0.3 is 9.47 Å². The summed E-state index contributed by atoms with van der Waals surface area (Å²) in [6.45, 7) is 24.3. The van der Waals surface area contributed by atoms with Crippen LogP contribution in [0.3, 0.4) is 0 Å². The number of aromatic nitrogens is 10. The summed E-state index contributed by atoms with van der Waals surface area (Å²) >= 11 is -3.19. The van der Waals surface area contributed by atoms with E-state index in [1.807, 2.05) is 24.5 Å². The predicted octanol–water partition coefficient (Wildman–Crippen LogP) is 22.4. The van der Waals surface area contributed by atoms with Gasteiger partial charge in [0.1, 0.15) is 11.5 Å². The zero-order chi connectivity index (χ0) is 76.0. The second-order valence-electron chi connectivity index (χ2n) is 26.1. The van der Waals surface area contributed by atoms with Crippen LogP contribution in [0.2, 0.25) is 39.9 Å². The largest absolute Gasteiger partial charge is 0.573 e. The molecule has 0 fully saturated rings. The molecule has 0 radical (unpaired) electrons. The smallest absolute Gasteiger partial charge is 0.406 e. The molecule has 6 heterocycles. The minimum Gasteiger partial charge on any atom is -0.406 e. The predicted molar refractivity (Wildman–Crippen MR) is 422 cm³/mol. The van der Waals surface area contributed by atoms with Crippen molar-refractivity contribution in [1.82, 2.24) is 49.9 Å². The second kappa shape index (κ2) is 51.3. The molecule has 0 aliphatic carbocycles. The van der Waals surface area contributed by atoms with E-state index < -0.39 is 66.7 Å². The molecule has 566 valence electrons. The molecule has 2 aromatic carbocycles. The van der Waals surface area contributed by atoms with Crippen molar-refractivity contribution in [3.63, 3.8) is 0 Å². The second-order valence-corrected chi connectivity index (χ2v) is 69.7. The van der Waals surface area contributed by atoms with Crippen molar-refractivity contribution in [2.45, 2.75) is 244 Å². The van der Waals surface area contributed by atoms with E-state index in [4.69, 9.17) is 8.92 Å². The molecule has 0 spiro atoms. The number of nitrogens with zero attached hydrogens (tertiary/aromatic N) is 10. The molecular formula is C78H112BrClF6N10O4Sn3.